The first kappa shape index (κ1) is 23.3. The quantitative estimate of drug-likeness (QED) is 0.350. The fourth-order valence-corrected chi connectivity index (χ4v) is 2.29. The zero-order valence-corrected chi connectivity index (χ0v) is 15.5. The van der Waals surface area contributed by atoms with Crippen molar-refractivity contribution >= 4 is 6.72 Å². The number of aliphatic hydroxyl groups excluding tert-OH is 1. The molecule has 0 rings (SSSR count). The monoisotopic (exact) mass is 311 g/mol. The van der Waals surface area contributed by atoms with Crippen LogP contribution in [0.3, 0.4) is 0 Å². The number of nitrogens with zero attached hydrogens (tertiary/aromatic N) is 2. The zero-order chi connectivity index (χ0) is 17.4. The van der Waals surface area contributed by atoms with E-state index in [1.54, 1.807) is 0 Å². The summed E-state index contributed by atoms with van der Waals surface area (Å²) in [4.78, 5) is 6.32. The van der Waals surface area contributed by atoms with Crippen LogP contribution in [0, 0.1) is 0 Å². The second kappa shape index (κ2) is 16.4. The molecule has 4 heteroatoms. The van der Waals surface area contributed by atoms with Gasteiger partial charge in [0.1, 0.15) is 0 Å². The second-order valence-electron chi connectivity index (χ2n) is 5.55. The smallest absolute Gasteiger partial charge is 0.0319 e. The van der Waals surface area contributed by atoms with Crippen molar-refractivity contribution in [1.82, 2.24) is 10.2 Å². The lowest BCUT2D eigenvalue weighted by Gasteiger charge is -2.31. The minimum Gasteiger partial charge on any atom is -0.400 e. The van der Waals surface area contributed by atoms with Gasteiger partial charge in [0.2, 0.25) is 0 Å². The van der Waals surface area contributed by atoms with Crippen molar-refractivity contribution in [1.29, 1.82) is 0 Å². The summed E-state index contributed by atoms with van der Waals surface area (Å²) in [5, 5.41) is 10.5. The van der Waals surface area contributed by atoms with Gasteiger partial charge in [0.15, 0.2) is 0 Å². The predicted octanol–water partition coefficient (Wildman–Crippen LogP) is 3.24. The van der Waals surface area contributed by atoms with Crippen LogP contribution in [0.2, 0.25) is 0 Å². The molecule has 2 N–H and O–H groups in total. The van der Waals surface area contributed by atoms with E-state index in [1.807, 2.05) is 19.2 Å². The summed E-state index contributed by atoms with van der Waals surface area (Å²) in [5.74, 6) is 0. The maximum Gasteiger partial charge on any atom is 0.0319 e. The van der Waals surface area contributed by atoms with Crippen LogP contribution in [-0.2, 0) is 0 Å². The standard InChI is InChI=1S/C17H33N3.CH4O/c1-7-9-16(13-18-5)14-19-12-11-17(10-8-2)20(6)15(3)4;1-2/h7,9,13,15,17,19H,5,8,10-12,14H2,1-4,6H3;2H,1H3/b9-7-,16-13+;. The lowest BCUT2D eigenvalue weighted by Crippen LogP contribution is -2.39. The van der Waals surface area contributed by atoms with E-state index in [1.165, 1.54) is 24.8 Å². The molecule has 4 nitrogen and oxygen atoms in total. The molecule has 0 heterocycles. The molecule has 0 fully saturated rings. The molecule has 0 radical (unpaired) electrons. The summed E-state index contributed by atoms with van der Waals surface area (Å²) in [5.41, 5.74) is 1.17. The molecule has 0 aliphatic carbocycles. The van der Waals surface area contributed by atoms with Crippen molar-refractivity contribution in [3.63, 3.8) is 0 Å². The highest BCUT2D eigenvalue weighted by Gasteiger charge is 2.15. The molecule has 1 atom stereocenters. The van der Waals surface area contributed by atoms with Gasteiger partial charge in [-0.15, -0.1) is 0 Å². The highest BCUT2D eigenvalue weighted by atomic mass is 16.2. The zero-order valence-electron chi connectivity index (χ0n) is 15.5. The fourth-order valence-electron chi connectivity index (χ4n) is 2.29. The number of aliphatic hydroxyl groups is 1. The van der Waals surface area contributed by atoms with Gasteiger partial charge in [-0.3, -0.25) is 4.99 Å². The Morgan fingerprint density at radius 3 is 2.41 bits per heavy atom. The Morgan fingerprint density at radius 2 is 1.95 bits per heavy atom. The van der Waals surface area contributed by atoms with E-state index in [9.17, 15) is 0 Å². The van der Waals surface area contributed by atoms with Crippen LogP contribution in [-0.4, -0.2) is 56.1 Å². The third kappa shape index (κ3) is 11.7. The third-order valence-electron chi connectivity index (χ3n) is 3.63. The minimum absolute atomic E-state index is 0.606. The van der Waals surface area contributed by atoms with E-state index in [0.717, 1.165) is 20.2 Å². The Bertz CT molecular complexity index is 311. The van der Waals surface area contributed by atoms with Crippen molar-refractivity contribution < 1.29 is 5.11 Å². The van der Waals surface area contributed by atoms with Crippen LogP contribution in [0.1, 0.15) is 47.0 Å². The van der Waals surface area contributed by atoms with E-state index in [0.29, 0.717) is 12.1 Å². The summed E-state index contributed by atoms with van der Waals surface area (Å²) in [6, 6.07) is 1.27. The van der Waals surface area contributed by atoms with Gasteiger partial charge in [-0.1, -0.05) is 25.5 Å². The first-order valence-electron chi connectivity index (χ1n) is 8.21. The van der Waals surface area contributed by atoms with Crippen molar-refractivity contribution in [2.75, 3.05) is 27.2 Å². The Morgan fingerprint density at radius 1 is 1.32 bits per heavy atom. The summed E-state index contributed by atoms with van der Waals surface area (Å²) < 4.78 is 0. The maximum absolute atomic E-state index is 7.00. The van der Waals surface area contributed by atoms with Gasteiger partial charge in [0.05, 0.1) is 0 Å². The molecule has 130 valence electrons. The average molecular weight is 312 g/mol. The highest BCUT2D eigenvalue weighted by Crippen LogP contribution is 2.12. The Hall–Kier alpha value is -0.970. The molecule has 0 aromatic carbocycles. The van der Waals surface area contributed by atoms with E-state index in [-0.39, 0.29) is 0 Å². The number of nitrogens with one attached hydrogen (secondary N) is 1. The van der Waals surface area contributed by atoms with E-state index < -0.39 is 0 Å². The third-order valence-corrected chi connectivity index (χ3v) is 3.63. The van der Waals surface area contributed by atoms with Gasteiger partial charge < -0.3 is 15.3 Å². The van der Waals surface area contributed by atoms with E-state index in [2.05, 4.69) is 55.8 Å². The number of rotatable bonds is 11. The molecule has 0 aliphatic rings. The molecule has 0 saturated carbocycles. The molecular weight excluding hydrogens is 274 g/mol. The average Bonchev–Trinajstić information content (AvgIpc) is 2.51. The van der Waals surface area contributed by atoms with Crippen LogP contribution in [0.4, 0.5) is 0 Å². The van der Waals surface area contributed by atoms with Gasteiger partial charge in [-0.05, 0) is 59.5 Å². The van der Waals surface area contributed by atoms with Crippen molar-refractivity contribution in [2.24, 2.45) is 4.99 Å². The van der Waals surface area contributed by atoms with Gasteiger partial charge in [0.25, 0.3) is 0 Å². The van der Waals surface area contributed by atoms with Crippen molar-refractivity contribution in [2.45, 2.75) is 59.0 Å². The van der Waals surface area contributed by atoms with Crippen LogP contribution in [0.25, 0.3) is 0 Å². The molecule has 0 bridgehead atoms. The topological polar surface area (TPSA) is 47.9 Å². The normalized spacial score (nSPS) is 13.4. The van der Waals surface area contributed by atoms with Gasteiger partial charge in [0, 0.05) is 31.9 Å². The first-order chi connectivity index (χ1) is 10.6. The fraction of sp³-hybridized carbons (Fsp3) is 0.722. The molecule has 0 spiro atoms. The van der Waals surface area contributed by atoms with Crippen molar-refractivity contribution in [3.05, 3.63) is 23.9 Å². The number of hydrogen-bond donors (Lipinski definition) is 2. The van der Waals surface area contributed by atoms with Gasteiger partial charge in [-0.25, -0.2) is 0 Å². The van der Waals surface area contributed by atoms with Crippen LogP contribution in [0.15, 0.2) is 28.9 Å². The largest absolute Gasteiger partial charge is 0.400 e. The Labute approximate surface area is 138 Å². The predicted molar refractivity (Wildman–Crippen MR) is 99.7 cm³/mol. The highest BCUT2D eigenvalue weighted by molar-refractivity contribution is 5.29. The van der Waals surface area contributed by atoms with Crippen molar-refractivity contribution in [3.8, 4) is 0 Å². The molecular formula is C18H37N3O. The minimum atomic E-state index is 0.606. The lowest BCUT2D eigenvalue weighted by atomic mass is 10.1. The summed E-state index contributed by atoms with van der Waals surface area (Å²) >= 11 is 0. The number of allylic oxidation sites excluding steroid dienone is 1. The molecule has 0 aromatic heterocycles. The molecule has 0 aromatic rings. The summed E-state index contributed by atoms with van der Waals surface area (Å²) in [7, 11) is 3.23. The molecule has 0 aliphatic heterocycles. The molecule has 0 amide bonds. The summed E-state index contributed by atoms with van der Waals surface area (Å²) in [6.45, 7) is 14.2. The van der Waals surface area contributed by atoms with E-state index in [4.69, 9.17) is 5.11 Å². The summed E-state index contributed by atoms with van der Waals surface area (Å²) in [6.07, 6.45) is 9.62. The second-order valence-corrected chi connectivity index (χ2v) is 5.55. The SMILES string of the molecule is C=N/C=C(\C=C/C)CNCCC(CCC)N(C)C(C)C.CO. The Balaban J connectivity index is 0. The number of hydrogen-bond acceptors (Lipinski definition) is 4. The number of aliphatic imine (C=N–C) groups is 1. The van der Waals surface area contributed by atoms with Crippen LogP contribution in [0.5, 0.6) is 0 Å². The lowest BCUT2D eigenvalue weighted by molar-refractivity contribution is 0.175. The van der Waals surface area contributed by atoms with Gasteiger partial charge in [-0.2, -0.15) is 0 Å². The van der Waals surface area contributed by atoms with Crippen LogP contribution >= 0.6 is 0 Å². The Kier molecular flexibility index (Phi) is 17.4. The molecule has 0 saturated heterocycles. The first-order valence-corrected chi connectivity index (χ1v) is 8.21. The maximum atomic E-state index is 7.00. The van der Waals surface area contributed by atoms with Gasteiger partial charge >= 0.3 is 0 Å². The van der Waals surface area contributed by atoms with E-state index >= 15 is 0 Å². The van der Waals surface area contributed by atoms with Crippen LogP contribution < -0.4 is 5.32 Å². The molecule has 1 unspecified atom stereocenters. The molecule has 22 heavy (non-hydrogen) atoms.